The highest BCUT2D eigenvalue weighted by molar-refractivity contribution is 5.75. The second kappa shape index (κ2) is 6.44. The molecule has 0 fully saturated rings. The molecule has 0 amide bonds. The molecule has 21 heavy (non-hydrogen) atoms. The van der Waals surface area contributed by atoms with Crippen molar-refractivity contribution in [2.24, 2.45) is 0 Å². The maximum Gasteiger partial charge on any atom is 0.310 e. The minimum atomic E-state index is -0.832. The summed E-state index contributed by atoms with van der Waals surface area (Å²) < 4.78 is 5.83. The van der Waals surface area contributed by atoms with Gasteiger partial charge in [0, 0.05) is 0 Å². The van der Waals surface area contributed by atoms with Gasteiger partial charge in [0.1, 0.15) is 12.4 Å². The van der Waals surface area contributed by atoms with Gasteiger partial charge in [-0.25, -0.2) is 0 Å². The molecule has 0 saturated heterocycles. The molecule has 110 valence electrons. The van der Waals surface area contributed by atoms with Gasteiger partial charge in [-0.2, -0.15) is 0 Å². The SMILES string of the molecule is Cc1cccc(C)c1COc1cccc([C@@H](C)C(=O)O)c1. The fourth-order valence-electron chi connectivity index (χ4n) is 2.25. The molecule has 2 rings (SSSR count). The van der Waals surface area contributed by atoms with Gasteiger partial charge in [-0.05, 0) is 55.2 Å². The minimum absolute atomic E-state index is 0.489. The first-order valence-corrected chi connectivity index (χ1v) is 6.99. The maximum absolute atomic E-state index is 11.0. The van der Waals surface area contributed by atoms with Crippen molar-refractivity contribution in [2.75, 3.05) is 0 Å². The zero-order valence-electron chi connectivity index (χ0n) is 12.6. The number of ether oxygens (including phenoxy) is 1. The van der Waals surface area contributed by atoms with E-state index in [0.29, 0.717) is 12.4 Å². The van der Waals surface area contributed by atoms with E-state index in [9.17, 15) is 4.79 Å². The quantitative estimate of drug-likeness (QED) is 0.900. The average molecular weight is 284 g/mol. The molecular formula is C18H20O3. The van der Waals surface area contributed by atoms with E-state index in [-0.39, 0.29) is 0 Å². The topological polar surface area (TPSA) is 46.5 Å². The van der Waals surface area contributed by atoms with Crippen LogP contribution in [0.25, 0.3) is 0 Å². The number of carbonyl (C=O) groups is 1. The van der Waals surface area contributed by atoms with Gasteiger partial charge < -0.3 is 9.84 Å². The molecule has 0 unspecified atom stereocenters. The lowest BCUT2D eigenvalue weighted by atomic mass is 10.0. The van der Waals surface area contributed by atoms with Gasteiger partial charge in [-0.3, -0.25) is 4.79 Å². The van der Waals surface area contributed by atoms with E-state index in [1.807, 2.05) is 24.3 Å². The zero-order valence-corrected chi connectivity index (χ0v) is 12.6. The number of aliphatic carboxylic acids is 1. The zero-order chi connectivity index (χ0) is 15.4. The highest BCUT2D eigenvalue weighted by atomic mass is 16.5. The smallest absolute Gasteiger partial charge is 0.310 e. The van der Waals surface area contributed by atoms with E-state index in [1.165, 1.54) is 16.7 Å². The van der Waals surface area contributed by atoms with Crippen LogP contribution in [0.1, 0.15) is 35.1 Å². The third-order valence-electron chi connectivity index (χ3n) is 3.76. The third-order valence-corrected chi connectivity index (χ3v) is 3.76. The van der Waals surface area contributed by atoms with Crippen LogP contribution in [0, 0.1) is 13.8 Å². The van der Waals surface area contributed by atoms with Crippen molar-refractivity contribution in [2.45, 2.75) is 33.3 Å². The lowest BCUT2D eigenvalue weighted by molar-refractivity contribution is -0.138. The Hall–Kier alpha value is -2.29. The predicted octanol–water partition coefficient (Wildman–Crippen LogP) is 4.07. The first-order valence-electron chi connectivity index (χ1n) is 6.99. The monoisotopic (exact) mass is 284 g/mol. The molecule has 0 aliphatic carbocycles. The molecule has 2 aromatic rings. The Morgan fingerprint density at radius 2 is 1.76 bits per heavy atom. The van der Waals surface area contributed by atoms with Crippen LogP contribution in [0.4, 0.5) is 0 Å². The van der Waals surface area contributed by atoms with Crippen LogP contribution < -0.4 is 4.74 Å². The molecule has 0 aliphatic rings. The van der Waals surface area contributed by atoms with Gasteiger partial charge in [0.15, 0.2) is 0 Å². The number of carboxylic acids is 1. The Bertz CT molecular complexity index is 626. The predicted molar refractivity (Wildman–Crippen MR) is 82.7 cm³/mol. The lowest BCUT2D eigenvalue weighted by Gasteiger charge is -2.13. The van der Waals surface area contributed by atoms with E-state index in [0.717, 1.165) is 5.56 Å². The highest BCUT2D eigenvalue weighted by Gasteiger charge is 2.14. The van der Waals surface area contributed by atoms with E-state index < -0.39 is 11.9 Å². The Morgan fingerprint density at radius 1 is 1.14 bits per heavy atom. The van der Waals surface area contributed by atoms with Crippen LogP contribution >= 0.6 is 0 Å². The van der Waals surface area contributed by atoms with Crippen molar-refractivity contribution in [3.8, 4) is 5.75 Å². The summed E-state index contributed by atoms with van der Waals surface area (Å²) in [5.41, 5.74) is 4.32. The van der Waals surface area contributed by atoms with Crippen molar-refractivity contribution in [1.82, 2.24) is 0 Å². The Kier molecular flexibility index (Phi) is 4.63. The number of carboxylic acid groups (broad SMARTS) is 1. The molecule has 0 aromatic heterocycles. The molecular weight excluding hydrogens is 264 g/mol. The average Bonchev–Trinajstić information content (AvgIpc) is 2.46. The summed E-state index contributed by atoms with van der Waals surface area (Å²) >= 11 is 0. The van der Waals surface area contributed by atoms with Crippen LogP contribution in [0.5, 0.6) is 5.75 Å². The second-order valence-electron chi connectivity index (χ2n) is 5.29. The van der Waals surface area contributed by atoms with Gasteiger partial charge in [0.2, 0.25) is 0 Å². The van der Waals surface area contributed by atoms with Gasteiger partial charge in [-0.15, -0.1) is 0 Å². The molecule has 2 aromatic carbocycles. The summed E-state index contributed by atoms with van der Waals surface area (Å²) in [6.07, 6.45) is 0. The van der Waals surface area contributed by atoms with Crippen molar-refractivity contribution < 1.29 is 14.6 Å². The van der Waals surface area contributed by atoms with Crippen LogP contribution in [0.15, 0.2) is 42.5 Å². The fourth-order valence-corrected chi connectivity index (χ4v) is 2.25. The summed E-state index contributed by atoms with van der Waals surface area (Å²) in [4.78, 5) is 11.0. The molecule has 0 heterocycles. The number of hydrogen-bond donors (Lipinski definition) is 1. The lowest BCUT2D eigenvalue weighted by Crippen LogP contribution is -2.07. The standard InChI is InChI=1S/C18H20O3/c1-12-6-4-7-13(2)17(12)11-21-16-9-5-8-15(10-16)14(3)18(19)20/h4-10,14H,11H2,1-3H3,(H,19,20)/t14-/m1/s1. The van der Waals surface area contributed by atoms with E-state index in [4.69, 9.17) is 9.84 Å². The Morgan fingerprint density at radius 3 is 2.38 bits per heavy atom. The van der Waals surface area contributed by atoms with Gasteiger partial charge >= 0.3 is 5.97 Å². The Balaban J connectivity index is 2.14. The van der Waals surface area contributed by atoms with E-state index in [2.05, 4.69) is 26.0 Å². The molecule has 0 saturated carbocycles. The van der Waals surface area contributed by atoms with Gasteiger partial charge in [0.25, 0.3) is 0 Å². The first-order chi connectivity index (χ1) is 9.99. The van der Waals surface area contributed by atoms with Crippen LogP contribution in [0.3, 0.4) is 0 Å². The van der Waals surface area contributed by atoms with Crippen LogP contribution in [-0.4, -0.2) is 11.1 Å². The van der Waals surface area contributed by atoms with Crippen molar-refractivity contribution in [1.29, 1.82) is 0 Å². The summed E-state index contributed by atoms with van der Waals surface area (Å²) in [6.45, 7) is 6.29. The second-order valence-corrected chi connectivity index (χ2v) is 5.29. The number of hydrogen-bond acceptors (Lipinski definition) is 2. The molecule has 0 aliphatic heterocycles. The van der Waals surface area contributed by atoms with Crippen molar-refractivity contribution >= 4 is 5.97 Å². The molecule has 1 atom stereocenters. The number of aryl methyl sites for hydroxylation is 2. The summed E-state index contributed by atoms with van der Waals surface area (Å²) in [6, 6.07) is 13.4. The molecule has 0 bridgehead atoms. The summed E-state index contributed by atoms with van der Waals surface area (Å²) in [5.74, 6) is -0.668. The van der Waals surface area contributed by atoms with E-state index >= 15 is 0 Å². The number of rotatable bonds is 5. The molecule has 1 N–H and O–H groups in total. The molecule has 0 radical (unpaired) electrons. The maximum atomic E-state index is 11.0. The van der Waals surface area contributed by atoms with Gasteiger partial charge in [0.05, 0.1) is 5.92 Å². The molecule has 3 heteroatoms. The number of benzene rings is 2. The Labute approximate surface area is 125 Å². The van der Waals surface area contributed by atoms with Gasteiger partial charge in [-0.1, -0.05) is 30.3 Å². The van der Waals surface area contributed by atoms with Crippen molar-refractivity contribution in [3.05, 3.63) is 64.7 Å². The molecule has 0 spiro atoms. The summed E-state index contributed by atoms with van der Waals surface area (Å²) in [5, 5.41) is 9.07. The van der Waals surface area contributed by atoms with Crippen LogP contribution in [-0.2, 0) is 11.4 Å². The summed E-state index contributed by atoms with van der Waals surface area (Å²) in [7, 11) is 0. The first kappa shape index (κ1) is 15.1. The fraction of sp³-hybridized carbons (Fsp3) is 0.278. The van der Waals surface area contributed by atoms with Crippen LogP contribution in [0.2, 0.25) is 0 Å². The highest BCUT2D eigenvalue weighted by Crippen LogP contribution is 2.23. The normalized spacial score (nSPS) is 12.0. The van der Waals surface area contributed by atoms with Crippen molar-refractivity contribution in [3.63, 3.8) is 0 Å². The largest absolute Gasteiger partial charge is 0.489 e. The third kappa shape index (κ3) is 3.63. The van der Waals surface area contributed by atoms with E-state index in [1.54, 1.807) is 13.0 Å². The molecule has 3 nitrogen and oxygen atoms in total. The minimum Gasteiger partial charge on any atom is -0.489 e.